The Kier molecular flexibility index (Phi) is 4.76. The Bertz CT molecular complexity index is 1080. The molecular formula is C19H21N5O3S. The van der Waals surface area contributed by atoms with E-state index in [2.05, 4.69) is 20.4 Å². The van der Waals surface area contributed by atoms with Gasteiger partial charge in [0.15, 0.2) is 15.7 Å². The van der Waals surface area contributed by atoms with Crippen molar-refractivity contribution in [3.8, 4) is 11.3 Å². The fraction of sp³-hybridized carbons (Fsp3) is 0.316. The van der Waals surface area contributed by atoms with E-state index >= 15 is 0 Å². The number of hydrogen-bond acceptors (Lipinski definition) is 8. The molecule has 146 valence electrons. The minimum atomic E-state index is -3.00. The van der Waals surface area contributed by atoms with Crippen LogP contribution in [0.4, 0.5) is 17.6 Å². The van der Waals surface area contributed by atoms with E-state index in [1.807, 2.05) is 55.3 Å². The van der Waals surface area contributed by atoms with Crippen molar-refractivity contribution >= 4 is 27.4 Å². The fourth-order valence-electron chi connectivity index (χ4n) is 3.21. The molecule has 1 aliphatic rings. The Morgan fingerprint density at radius 3 is 2.57 bits per heavy atom. The first-order chi connectivity index (χ1) is 13.4. The highest BCUT2D eigenvalue weighted by Gasteiger charge is 2.32. The van der Waals surface area contributed by atoms with Crippen molar-refractivity contribution in [1.82, 2.24) is 15.1 Å². The number of anilines is 3. The number of hydrogen-bond donors (Lipinski definition) is 1. The van der Waals surface area contributed by atoms with Gasteiger partial charge in [-0.1, -0.05) is 35.5 Å². The van der Waals surface area contributed by atoms with E-state index in [0.29, 0.717) is 29.8 Å². The third-order valence-electron chi connectivity index (χ3n) is 4.74. The number of nitrogens with one attached hydrogen (secondary N) is 1. The average molecular weight is 399 g/mol. The lowest BCUT2D eigenvalue weighted by atomic mass is 10.1. The molecule has 8 nitrogen and oxygen atoms in total. The molecule has 9 heteroatoms. The van der Waals surface area contributed by atoms with E-state index in [4.69, 9.17) is 4.52 Å². The largest absolute Gasteiger partial charge is 0.360 e. The second-order valence-electron chi connectivity index (χ2n) is 6.92. The van der Waals surface area contributed by atoms with Gasteiger partial charge in [-0.3, -0.25) is 0 Å². The Morgan fingerprint density at radius 1 is 1.14 bits per heavy atom. The minimum Gasteiger partial charge on any atom is -0.360 e. The number of aryl methyl sites for hydroxylation is 1. The van der Waals surface area contributed by atoms with Gasteiger partial charge in [0.1, 0.15) is 11.6 Å². The van der Waals surface area contributed by atoms with Crippen LogP contribution in [0.15, 0.2) is 47.0 Å². The molecule has 0 saturated carbocycles. The van der Waals surface area contributed by atoms with Crippen LogP contribution in [0.5, 0.6) is 0 Å². The van der Waals surface area contributed by atoms with Crippen LogP contribution >= 0.6 is 0 Å². The van der Waals surface area contributed by atoms with Gasteiger partial charge in [-0.25, -0.2) is 13.4 Å². The quantitative estimate of drug-likeness (QED) is 0.699. The maximum atomic E-state index is 11.9. The summed E-state index contributed by atoms with van der Waals surface area (Å²) in [7, 11) is -1.17. The average Bonchev–Trinajstić information content (AvgIpc) is 3.26. The molecule has 28 heavy (non-hydrogen) atoms. The third kappa shape index (κ3) is 3.99. The SMILES string of the molecule is Cc1cc(Nc2cc(-c3ccccc3)nc(N(C)C3CCS(=O)(=O)C3)n2)no1. The van der Waals surface area contributed by atoms with Crippen molar-refractivity contribution in [3.05, 3.63) is 48.2 Å². The molecule has 0 radical (unpaired) electrons. The summed E-state index contributed by atoms with van der Waals surface area (Å²) in [4.78, 5) is 11.1. The Balaban J connectivity index is 1.71. The van der Waals surface area contributed by atoms with Gasteiger partial charge < -0.3 is 14.7 Å². The summed E-state index contributed by atoms with van der Waals surface area (Å²) < 4.78 is 28.9. The Labute approximate surface area is 163 Å². The first-order valence-electron chi connectivity index (χ1n) is 8.98. The molecule has 1 unspecified atom stereocenters. The molecule has 1 atom stereocenters. The summed E-state index contributed by atoms with van der Waals surface area (Å²) in [6.45, 7) is 1.81. The summed E-state index contributed by atoms with van der Waals surface area (Å²) in [5.41, 5.74) is 1.68. The minimum absolute atomic E-state index is 0.119. The number of rotatable bonds is 5. The monoisotopic (exact) mass is 399 g/mol. The van der Waals surface area contributed by atoms with Gasteiger partial charge in [-0.05, 0) is 13.3 Å². The van der Waals surface area contributed by atoms with Gasteiger partial charge >= 0.3 is 0 Å². The molecule has 0 spiro atoms. The van der Waals surface area contributed by atoms with Crippen LogP contribution in [-0.4, -0.2) is 48.1 Å². The van der Waals surface area contributed by atoms with Crippen molar-refractivity contribution in [2.75, 3.05) is 28.8 Å². The van der Waals surface area contributed by atoms with Crippen molar-refractivity contribution in [2.24, 2.45) is 0 Å². The summed E-state index contributed by atoms with van der Waals surface area (Å²) in [5.74, 6) is 2.58. The molecule has 1 fully saturated rings. The van der Waals surface area contributed by atoms with Crippen LogP contribution < -0.4 is 10.2 Å². The molecule has 4 rings (SSSR count). The zero-order chi connectivity index (χ0) is 19.7. The van der Waals surface area contributed by atoms with Crippen molar-refractivity contribution < 1.29 is 12.9 Å². The maximum absolute atomic E-state index is 11.9. The lowest BCUT2D eigenvalue weighted by Crippen LogP contribution is -2.34. The lowest BCUT2D eigenvalue weighted by molar-refractivity contribution is 0.400. The molecule has 3 heterocycles. The summed E-state index contributed by atoms with van der Waals surface area (Å²) in [6.07, 6.45) is 0.572. The molecule has 1 aromatic carbocycles. The predicted molar refractivity (Wildman–Crippen MR) is 107 cm³/mol. The van der Waals surface area contributed by atoms with E-state index in [0.717, 1.165) is 11.3 Å². The van der Waals surface area contributed by atoms with E-state index in [9.17, 15) is 8.42 Å². The highest BCUT2D eigenvalue weighted by molar-refractivity contribution is 7.91. The van der Waals surface area contributed by atoms with Gasteiger partial charge in [0.2, 0.25) is 5.95 Å². The normalized spacial score (nSPS) is 18.1. The Morgan fingerprint density at radius 2 is 1.93 bits per heavy atom. The maximum Gasteiger partial charge on any atom is 0.227 e. The smallest absolute Gasteiger partial charge is 0.227 e. The summed E-state index contributed by atoms with van der Waals surface area (Å²) in [6, 6.07) is 13.2. The molecule has 1 N–H and O–H groups in total. The van der Waals surface area contributed by atoms with Gasteiger partial charge in [0.05, 0.1) is 17.2 Å². The van der Waals surface area contributed by atoms with Crippen molar-refractivity contribution in [2.45, 2.75) is 19.4 Å². The molecule has 0 aliphatic carbocycles. The van der Waals surface area contributed by atoms with Crippen LogP contribution in [-0.2, 0) is 9.84 Å². The molecule has 1 saturated heterocycles. The number of benzene rings is 1. The highest BCUT2D eigenvalue weighted by atomic mass is 32.2. The topological polar surface area (TPSA) is 101 Å². The number of sulfone groups is 1. The third-order valence-corrected chi connectivity index (χ3v) is 6.49. The van der Waals surface area contributed by atoms with E-state index < -0.39 is 9.84 Å². The van der Waals surface area contributed by atoms with E-state index in [1.54, 1.807) is 6.07 Å². The highest BCUT2D eigenvalue weighted by Crippen LogP contribution is 2.27. The van der Waals surface area contributed by atoms with Crippen LogP contribution in [0.25, 0.3) is 11.3 Å². The van der Waals surface area contributed by atoms with Gasteiger partial charge in [0.25, 0.3) is 0 Å². The molecule has 0 bridgehead atoms. The van der Waals surface area contributed by atoms with Crippen LogP contribution in [0.3, 0.4) is 0 Å². The van der Waals surface area contributed by atoms with Crippen LogP contribution in [0.1, 0.15) is 12.2 Å². The second-order valence-corrected chi connectivity index (χ2v) is 9.15. The first-order valence-corrected chi connectivity index (χ1v) is 10.8. The summed E-state index contributed by atoms with van der Waals surface area (Å²) >= 11 is 0. The number of nitrogens with zero attached hydrogens (tertiary/aromatic N) is 4. The molecule has 2 aromatic heterocycles. The van der Waals surface area contributed by atoms with E-state index in [1.165, 1.54) is 0 Å². The second kappa shape index (κ2) is 7.23. The Hall–Kier alpha value is -2.94. The zero-order valence-corrected chi connectivity index (χ0v) is 16.5. The standard InChI is InChI=1S/C19H21N5O3S/c1-13-10-18(23-27-13)21-17-11-16(14-6-4-3-5-7-14)20-19(22-17)24(2)15-8-9-28(25,26)12-15/h3-7,10-11,15H,8-9,12H2,1-2H3,(H,20,21,22,23). The van der Waals surface area contributed by atoms with Crippen LogP contribution in [0.2, 0.25) is 0 Å². The zero-order valence-electron chi connectivity index (χ0n) is 15.7. The lowest BCUT2D eigenvalue weighted by Gasteiger charge is -2.24. The predicted octanol–water partition coefficient (Wildman–Crippen LogP) is 2.81. The fourth-order valence-corrected chi connectivity index (χ4v) is 4.99. The van der Waals surface area contributed by atoms with E-state index in [-0.39, 0.29) is 17.5 Å². The van der Waals surface area contributed by atoms with Crippen molar-refractivity contribution in [3.63, 3.8) is 0 Å². The summed E-state index contributed by atoms with van der Waals surface area (Å²) in [5, 5.41) is 7.08. The molecule has 1 aliphatic heterocycles. The molecule has 0 amide bonds. The number of aromatic nitrogens is 3. The van der Waals surface area contributed by atoms with Gasteiger partial charge in [-0.15, -0.1) is 0 Å². The van der Waals surface area contributed by atoms with Crippen LogP contribution in [0, 0.1) is 6.92 Å². The first kappa shape index (κ1) is 18.4. The van der Waals surface area contributed by atoms with Crippen molar-refractivity contribution in [1.29, 1.82) is 0 Å². The van der Waals surface area contributed by atoms with Gasteiger partial charge in [0, 0.05) is 30.8 Å². The molecular weight excluding hydrogens is 378 g/mol. The molecule has 3 aromatic rings. The van der Waals surface area contributed by atoms with Gasteiger partial charge in [-0.2, -0.15) is 4.98 Å².